The number of rotatable bonds is 5. The second kappa shape index (κ2) is 9.37. The van der Waals surface area contributed by atoms with E-state index in [4.69, 9.17) is 0 Å². The lowest BCUT2D eigenvalue weighted by molar-refractivity contribution is 0.188. The Hall–Kier alpha value is -1.86. The van der Waals surface area contributed by atoms with Crippen LogP contribution in [0.3, 0.4) is 0 Å². The predicted molar refractivity (Wildman–Crippen MR) is 108 cm³/mol. The maximum absolute atomic E-state index is 14.7. The first-order valence-corrected chi connectivity index (χ1v) is 10.1. The van der Waals surface area contributed by atoms with E-state index in [1.165, 1.54) is 0 Å². The van der Waals surface area contributed by atoms with Crippen LogP contribution in [-0.4, -0.2) is 79.3 Å². The molecule has 1 aromatic rings. The Morgan fingerprint density at radius 2 is 2.00 bits per heavy atom. The number of aliphatic hydroxyl groups is 1. The number of nitrogens with one attached hydrogen (secondary N) is 1. The summed E-state index contributed by atoms with van der Waals surface area (Å²) in [6.45, 7) is 11.5. The number of aliphatic hydroxyl groups excluding tert-OH is 1. The number of nitrogens with zero attached hydrogens (tertiary/aromatic N) is 4. The Bertz CT molecular complexity index is 645. The van der Waals surface area contributed by atoms with E-state index in [0.717, 1.165) is 63.8 Å². The summed E-state index contributed by atoms with van der Waals surface area (Å²) in [6.07, 6.45) is 0.470. The summed E-state index contributed by atoms with van der Waals surface area (Å²) in [5.41, 5.74) is 1.55. The second-order valence-corrected chi connectivity index (χ2v) is 7.27. The van der Waals surface area contributed by atoms with Crippen molar-refractivity contribution in [1.29, 1.82) is 0 Å². The van der Waals surface area contributed by atoms with Crippen molar-refractivity contribution >= 4 is 11.6 Å². The molecule has 2 N–H and O–H groups in total. The highest BCUT2D eigenvalue weighted by molar-refractivity contribution is 5.80. The Morgan fingerprint density at radius 1 is 1.22 bits per heavy atom. The first-order chi connectivity index (χ1) is 13.1. The van der Waals surface area contributed by atoms with E-state index in [2.05, 4.69) is 31.9 Å². The standard InChI is InChI=1S/C20H32FN5O/c1-3-22-20(26-8-7-17(27)15-26)23-14-16-5-6-19(18(21)13-16)25-11-9-24(4-2)10-12-25/h5-6,13,17,27H,3-4,7-12,14-15H2,1-2H3,(H,22,23)/t17-/m1/s1. The van der Waals surface area contributed by atoms with Gasteiger partial charge in [-0.05, 0) is 37.6 Å². The first kappa shape index (κ1) is 19.9. The van der Waals surface area contributed by atoms with Gasteiger partial charge in [-0.2, -0.15) is 0 Å². The summed E-state index contributed by atoms with van der Waals surface area (Å²) in [5, 5.41) is 13.0. The second-order valence-electron chi connectivity index (χ2n) is 7.27. The highest BCUT2D eigenvalue weighted by Crippen LogP contribution is 2.22. The van der Waals surface area contributed by atoms with Crippen LogP contribution in [0.25, 0.3) is 0 Å². The van der Waals surface area contributed by atoms with Crippen molar-refractivity contribution in [3.05, 3.63) is 29.6 Å². The molecule has 7 heteroatoms. The lowest BCUT2D eigenvalue weighted by Gasteiger charge is -2.35. The summed E-state index contributed by atoms with van der Waals surface area (Å²) in [6, 6.07) is 5.46. The number of likely N-dealkylation sites (N-methyl/N-ethyl adjacent to an activating group) is 1. The van der Waals surface area contributed by atoms with Crippen molar-refractivity contribution < 1.29 is 9.50 Å². The molecule has 0 radical (unpaired) electrons. The molecule has 1 atom stereocenters. The fourth-order valence-corrected chi connectivity index (χ4v) is 3.74. The van der Waals surface area contributed by atoms with Crippen LogP contribution in [0.1, 0.15) is 25.8 Å². The van der Waals surface area contributed by atoms with Crippen LogP contribution in [-0.2, 0) is 6.54 Å². The normalized spacial score (nSPS) is 21.8. The molecule has 27 heavy (non-hydrogen) atoms. The van der Waals surface area contributed by atoms with Crippen molar-refractivity contribution in [3.63, 3.8) is 0 Å². The average molecular weight is 378 g/mol. The molecule has 0 aliphatic carbocycles. The van der Waals surface area contributed by atoms with Crippen molar-refractivity contribution in [2.75, 3.05) is 57.3 Å². The van der Waals surface area contributed by atoms with Crippen LogP contribution in [0.2, 0.25) is 0 Å². The van der Waals surface area contributed by atoms with Gasteiger partial charge in [0.05, 0.1) is 18.3 Å². The minimum absolute atomic E-state index is 0.172. The molecular formula is C20H32FN5O. The molecule has 0 aromatic heterocycles. The number of hydrogen-bond acceptors (Lipinski definition) is 4. The summed E-state index contributed by atoms with van der Waals surface area (Å²) in [4.78, 5) is 11.2. The van der Waals surface area contributed by atoms with Gasteiger partial charge in [-0.15, -0.1) is 0 Å². The molecule has 3 rings (SSSR count). The Balaban J connectivity index is 1.64. The Morgan fingerprint density at radius 3 is 2.59 bits per heavy atom. The monoisotopic (exact) mass is 377 g/mol. The van der Waals surface area contributed by atoms with E-state index < -0.39 is 0 Å². The number of anilines is 1. The molecule has 0 amide bonds. The van der Waals surface area contributed by atoms with Gasteiger partial charge in [0.25, 0.3) is 0 Å². The highest BCUT2D eigenvalue weighted by atomic mass is 19.1. The molecule has 0 bridgehead atoms. The van der Waals surface area contributed by atoms with Crippen LogP contribution < -0.4 is 10.2 Å². The number of halogens is 1. The molecule has 2 aliphatic rings. The number of piperazine rings is 1. The van der Waals surface area contributed by atoms with Crippen LogP contribution in [0.4, 0.5) is 10.1 Å². The van der Waals surface area contributed by atoms with Crippen LogP contribution in [0, 0.1) is 5.82 Å². The maximum atomic E-state index is 14.7. The molecule has 2 saturated heterocycles. The van der Waals surface area contributed by atoms with E-state index in [-0.39, 0.29) is 11.9 Å². The number of hydrogen-bond donors (Lipinski definition) is 2. The summed E-state index contributed by atoms with van der Waals surface area (Å²) >= 11 is 0. The number of aliphatic imine (C=N–C) groups is 1. The molecule has 2 fully saturated rings. The van der Waals surface area contributed by atoms with Gasteiger partial charge in [-0.1, -0.05) is 13.0 Å². The molecule has 1 aromatic carbocycles. The molecule has 2 aliphatic heterocycles. The van der Waals surface area contributed by atoms with Gasteiger partial charge in [0, 0.05) is 45.8 Å². The molecule has 0 spiro atoms. The first-order valence-electron chi connectivity index (χ1n) is 10.1. The molecule has 6 nitrogen and oxygen atoms in total. The van der Waals surface area contributed by atoms with Gasteiger partial charge < -0.3 is 25.1 Å². The van der Waals surface area contributed by atoms with E-state index in [1.54, 1.807) is 6.07 Å². The molecule has 2 heterocycles. The fourth-order valence-electron chi connectivity index (χ4n) is 3.74. The number of β-amino-alcohol motifs (C(OH)–C–C–N with tert-alkyl or cyclic N) is 1. The number of benzene rings is 1. The van der Waals surface area contributed by atoms with Gasteiger partial charge in [-0.25, -0.2) is 9.38 Å². The van der Waals surface area contributed by atoms with Crippen molar-refractivity contribution in [2.45, 2.75) is 32.9 Å². The third-order valence-corrected chi connectivity index (χ3v) is 5.38. The summed E-state index contributed by atoms with van der Waals surface area (Å²) < 4.78 is 14.7. The predicted octanol–water partition coefficient (Wildman–Crippen LogP) is 1.50. The van der Waals surface area contributed by atoms with Crippen molar-refractivity contribution in [3.8, 4) is 0 Å². The molecule has 150 valence electrons. The quantitative estimate of drug-likeness (QED) is 0.602. The van der Waals surface area contributed by atoms with E-state index in [1.807, 2.05) is 19.1 Å². The van der Waals surface area contributed by atoms with E-state index in [0.29, 0.717) is 18.8 Å². The third-order valence-electron chi connectivity index (χ3n) is 5.38. The molecule has 0 saturated carbocycles. The van der Waals surface area contributed by atoms with Crippen LogP contribution in [0.15, 0.2) is 23.2 Å². The zero-order valence-corrected chi connectivity index (χ0v) is 16.5. The lowest BCUT2D eigenvalue weighted by Crippen LogP contribution is -2.46. The van der Waals surface area contributed by atoms with Crippen molar-refractivity contribution in [1.82, 2.24) is 15.1 Å². The SMILES string of the molecule is CCNC(=NCc1ccc(N2CCN(CC)CC2)c(F)c1)N1CC[C@@H](O)C1. The van der Waals surface area contributed by atoms with E-state index in [9.17, 15) is 9.50 Å². The van der Waals surface area contributed by atoms with Crippen LogP contribution >= 0.6 is 0 Å². The fraction of sp³-hybridized carbons (Fsp3) is 0.650. The highest BCUT2D eigenvalue weighted by Gasteiger charge is 2.23. The topological polar surface area (TPSA) is 54.3 Å². The third kappa shape index (κ3) is 5.11. The van der Waals surface area contributed by atoms with Gasteiger partial charge in [0.2, 0.25) is 0 Å². The largest absolute Gasteiger partial charge is 0.391 e. The Labute approximate surface area is 161 Å². The maximum Gasteiger partial charge on any atom is 0.194 e. The minimum Gasteiger partial charge on any atom is -0.391 e. The summed E-state index contributed by atoms with van der Waals surface area (Å²) in [5.74, 6) is 0.614. The number of likely N-dealkylation sites (tertiary alicyclic amines) is 1. The summed E-state index contributed by atoms with van der Waals surface area (Å²) in [7, 11) is 0. The smallest absolute Gasteiger partial charge is 0.194 e. The Kier molecular flexibility index (Phi) is 6.90. The number of guanidine groups is 1. The van der Waals surface area contributed by atoms with E-state index >= 15 is 0 Å². The van der Waals surface area contributed by atoms with Gasteiger partial charge in [0.1, 0.15) is 5.82 Å². The lowest BCUT2D eigenvalue weighted by atomic mass is 10.1. The molecule has 0 unspecified atom stereocenters. The zero-order valence-electron chi connectivity index (χ0n) is 16.5. The minimum atomic E-state index is -0.293. The van der Waals surface area contributed by atoms with Gasteiger partial charge in [0.15, 0.2) is 5.96 Å². The van der Waals surface area contributed by atoms with Gasteiger partial charge in [-0.3, -0.25) is 0 Å². The van der Waals surface area contributed by atoms with Crippen molar-refractivity contribution in [2.24, 2.45) is 4.99 Å². The van der Waals surface area contributed by atoms with Crippen LogP contribution in [0.5, 0.6) is 0 Å². The average Bonchev–Trinajstić information content (AvgIpc) is 3.11. The molecular weight excluding hydrogens is 345 g/mol. The van der Waals surface area contributed by atoms with Gasteiger partial charge >= 0.3 is 0 Å². The zero-order chi connectivity index (χ0) is 19.2.